The quantitative estimate of drug-likeness (QED) is 0.432. The SMILES string of the molecule is CN=C(NCCCS(C)(=O)=O)N1CC2OCCN(Cc3ccccc3)C2C1. The molecule has 0 bridgehead atoms. The number of sulfone groups is 1. The predicted molar refractivity (Wildman–Crippen MR) is 108 cm³/mol. The molecule has 0 spiro atoms. The van der Waals surface area contributed by atoms with Gasteiger partial charge in [0.25, 0.3) is 0 Å². The fourth-order valence-electron chi connectivity index (χ4n) is 3.81. The van der Waals surface area contributed by atoms with Gasteiger partial charge >= 0.3 is 0 Å². The minimum atomic E-state index is -2.92. The largest absolute Gasteiger partial charge is 0.373 e. The Morgan fingerprint density at radius 3 is 2.78 bits per heavy atom. The van der Waals surface area contributed by atoms with Crippen molar-refractivity contribution in [2.75, 3.05) is 51.8 Å². The smallest absolute Gasteiger partial charge is 0.193 e. The summed E-state index contributed by atoms with van der Waals surface area (Å²) in [6.45, 7) is 4.89. The van der Waals surface area contributed by atoms with Gasteiger partial charge in [0.2, 0.25) is 0 Å². The number of fused-ring (bicyclic) bond motifs is 1. The number of hydrogen-bond donors (Lipinski definition) is 1. The number of hydrogen-bond acceptors (Lipinski definition) is 5. The van der Waals surface area contributed by atoms with Gasteiger partial charge < -0.3 is 15.0 Å². The van der Waals surface area contributed by atoms with Gasteiger partial charge in [-0.15, -0.1) is 0 Å². The lowest BCUT2D eigenvalue weighted by Gasteiger charge is -2.36. The van der Waals surface area contributed by atoms with E-state index in [0.717, 1.165) is 38.7 Å². The Balaban J connectivity index is 1.56. The molecule has 0 radical (unpaired) electrons. The van der Waals surface area contributed by atoms with Crippen LogP contribution in [0.4, 0.5) is 0 Å². The number of nitrogens with one attached hydrogen (secondary N) is 1. The summed E-state index contributed by atoms with van der Waals surface area (Å²) in [5.41, 5.74) is 1.32. The summed E-state index contributed by atoms with van der Waals surface area (Å²) in [6, 6.07) is 10.9. The van der Waals surface area contributed by atoms with Crippen molar-refractivity contribution >= 4 is 15.8 Å². The van der Waals surface area contributed by atoms with E-state index < -0.39 is 9.84 Å². The Kier molecular flexibility index (Phi) is 6.73. The monoisotopic (exact) mass is 394 g/mol. The lowest BCUT2D eigenvalue weighted by Crippen LogP contribution is -2.50. The summed E-state index contributed by atoms with van der Waals surface area (Å²) < 4.78 is 28.6. The molecule has 3 rings (SSSR count). The average molecular weight is 395 g/mol. The molecule has 1 N–H and O–H groups in total. The van der Waals surface area contributed by atoms with E-state index in [-0.39, 0.29) is 11.9 Å². The van der Waals surface area contributed by atoms with E-state index >= 15 is 0 Å². The predicted octanol–water partition coefficient (Wildman–Crippen LogP) is 0.582. The third-order valence-corrected chi connectivity index (χ3v) is 6.16. The molecule has 1 aromatic rings. The summed E-state index contributed by atoms with van der Waals surface area (Å²) in [6.07, 6.45) is 2.03. The summed E-state index contributed by atoms with van der Waals surface area (Å²) in [7, 11) is -1.15. The molecule has 150 valence electrons. The molecule has 27 heavy (non-hydrogen) atoms. The summed E-state index contributed by atoms with van der Waals surface area (Å²) >= 11 is 0. The summed E-state index contributed by atoms with van der Waals surface area (Å²) in [5, 5.41) is 3.30. The average Bonchev–Trinajstić information content (AvgIpc) is 3.07. The molecule has 0 amide bonds. The molecular formula is C19H30N4O3S. The number of nitrogens with zero attached hydrogens (tertiary/aromatic N) is 3. The zero-order chi connectivity index (χ0) is 19.3. The minimum absolute atomic E-state index is 0.178. The van der Waals surface area contributed by atoms with Crippen molar-refractivity contribution in [1.29, 1.82) is 0 Å². The van der Waals surface area contributed by atoms with Crippen molar-refractivity contribution in [3.63, 3.8) is 0 Å². The fourth-order valence-corrected chi connectivity index (χ4v) is 4.48. The van der Waals surface area contributed by atoms with Crippen LogP contribution in [0, 0.1) is 0 Å². The molecule has 1 aromatic carbocycles. The van der Waals surface area contributed by atoms with E-state index in [1.807, 2.05) is 6.07 Å². The Morgan fingerprint density at radius 1 is 1.30 bits per heavy atom. The summed E-state index contributed by atoms with van der Waals surface area (Å²) in [4.78, 5) is 9.10. The molecule has 2 heterocycles. The number of morpholine rings is 1. The topological polar surface area (TPSA) is 74.2 Å². The van der Waals surface area contributed by atoms with Crippen LogP contribution in [-0.4, -0.2) is 88.2 Å². The number of ether oxygens (including phenoxy) is 1. The summed E-state index contributed by atoms with van der Waals surface area (Å²) in [5.74, 6) is 1.01. The van der Waals surface area contributed by atoms with E-state index in [1.54, 1.807) is 7.05 Å². The highest BCUT2D eigenvalue weighted by molar-refractivity contribution is 7.90. The first kappa shape index (κ1) is 20.1. The molecule has 0 aliphatic carbocycles. The van der Waals surface area contributed by atoms with Crippen LogP contribution in [0.25, 0.3) is 0 Å². The zero-order valence-corrected chi connectivity index (χ0v) is 17.0. The molecule has 7 nitrogen and oxygen atoms in total. The van der Waals surface area contributed by atoms with Crippen molar-refractivity contribution in [1.82, 2.24) is 15.1 Å². The van der Waals surface area contributed by atoms with Gasteiger partial charge in [-0.05, 0) is 12.0 Å². The van der Waals surface area contributed by atoms with Crippen molar-refractivity contribution < 1.29 is 13.2 Å². The van der Waals surface area contributed by atoms with Gasteiger partial charge in [0, 0.05) is 46.0 Å². The van der Waals surface area contributed by atoms with Gasteiger partial charge in [-0.25, -0.2) is 8.42 Å². The molecule has 2 atom stereocenters. The van der Waals surface area contributed by atoms with Crippen LogP contribution in [0.3, 0.4) is 0 Å². The van der Waals surface area contributed by atoms with Crippen molar-refractivity contribution in [2.24, 2.45) is 4.99 Å². The van der Waals surface area contributed by atoms with Crippen LogP contribution in [0.5, 0.6) is 0 Å². The fraction of sp³-hybridized carbons (Fsp3) is 0.632. The van der Waals surface area contributed by atoms with Crippen LogP contribution < -0.4 is 5.32 Å². The van der Waals surface area contributed by atoms with Crippen molar-refractivity contribution in [2.45, 2.75) is 25.1 Å². The lowest BCUT2D eigenvalue weighted by atomic mass is 10.1. The number of likely N-dealkylation sites (tertiary alicyclic amines) is 1. The molecule has 2 unspecified atom stereocenters. The Labute approximate surface area is 162 Å². The number of aliphatic imine (C=N–C) groups is 1. The minimum Gasteiger partial charge on any atom is -0.373 e. The van der Waals surface area contributed by atoms with Crippen molar-refractivity contribution in [3.8, 4) is 0 Å². The van der Waals surface area contributed by atoms with E-state index in [4.69, 9.17) is 4.74 Å². The normalized spacial score (nSPS) is 24.1. The van der Waals surface area contributed by atoms with E-state index in [9.17, 15) is 8.42 Å². The third kappa shape index (κ3) is 5.67. The van der Waals surface area contributed by atoms with Gasteiger partial charge in [-0.3, -0.25) is 9.89 Å². The Bertz CT molecular complexity index is 739. The van der Waals surface area contributed by atoms with Gasteiger partial charge in [0.05, 0.1) is 24.5 Å². The highest BCUT2D eigenvalue weighted by Crippen LogP contribution is 2.24. The number of rotatable bonds is 6. The first-order chi connectivity index (χ1) is 13.0. The van der Waals surface area contributed by atoms with Crippen LogP contribution in [0.2, 0.25) is 0 Å². The van der Waals surface area contributed by atoms with Gasteiger partial charge in [0.15, 0.2) is 5.96 Å². The number of guanidine groups is 1. The second-order valence-corrected chi connectivity index (χ2v) is 9.55. The van der Waals surface area contributed by atoms with E-state index in [2.05, 4.69) is 44.4 Å². The third-order valence-electron chi connectivity index (χ3n) is 5.13. The van der Waals surface area contributed by atoms with Crippen molar-refractivity contribution in [3.05, 3.63) is 35.9 Å². The Hall–Kier alpha value is -1.64. The highest BCUT2D eigenvalue weighted by atomic mass is 32.2. The number of benzene rings is 1. The second kappa shape index (κ2) is 9.03. The standard InChI is InChI=1S/C19H30N4O3S/c1-20-19(21-9-6-12-27(2,24)25)23-14-17-18(15-23)26-11-10-22(17)13-16-7-4-3-5-8-16/h3-5,7-8,17-18H,6,9-15H2,1-2H3,(H,20,21). The van der Waals surface area contributed by atoms with Gasteiger partial charge in [0.1, 0.15) is 9.84 Å². The molecule has 2 saturated heterocycles. The van der Waals surface area contributed by atoms with E-state index in [0.29, 0.717) is 19.0 Å². The molecule has 0 saturated carbocycles. The van der Waals surface area contributed by atoms with Crippen LogP contribution in [0.1, 0.15) is 12.0 Å². The molecule has 0 aromatic heterocycles. The van der Waals surface area contributed by atoms with Crippen LogP contribution in [0.15, 0.2) is 35.3 Å². The molecule has 2 fully saturated rings. The van der Waals surface area contributed by atoms with Crippen LogP contribution in [-0.2, 0) is 21.1 Å². The van der Waals surface area contributed by atoms with Gasteiger partial charge in [-0.1, -0.05) is 30.3 Å². The maximum absolute atomic E-state index is 11.3. The zero-order valence-electron chi connectivity index (χ0n) is 16.2. The molecule has 2 aliphatic heterocycles. The molecule has 8 heteroatoms. The van der Waals surface area contributed by atoms with Gasteiger partial charge in [-0.2, -0.15) is 0 Å². The lowest BCUT2D eigenvalue weighted by molar-refractivity contribution is -0.0502. The maximum Gasteiger partial charge on any atom is 0.193 e. The maximum atomic E-state index is 11.3. The first-order valence-electron chi connectivity index (χ1n) is 9.49. The van der Waals surface area contributed by atoms with Crippen LogP contribution >= 0.6 is 0 Å². The second-order valence-electron chi connectivity index (χ2n) is 7.30. The first-order valence-corrected chi connectivity index (χ1v) is 11.6. The highest BCUT2D eigenvalue weighted by Gasteiger charge is 2.41. The molecular weight excluding hydrogens is 364 g/mol. The Morgan fingerprint density at radius 2 is 2.07 bits per heavy atom. The van der Waals surface area contributed by atoms with E-state index in [1.165, 1.54) is 11.8 Å². The molecule has 2 aliphatic rings.